The lowest BCUT2D eigenvalue weighted by atomic mass is 9.96. The number of aldehydes is 1. The van der Waals surface area contributed by atoms with Crippen LogP contribution in [0.5, 0.6) is 5.75 Å². The van der Waals surface area contributed by atoms with Crippen molar-refractivity contribution in [2.45, 2.75) is 25.4 Å². The molecule has 1 fully saturated rings. The van der Waals surface area contributed by atoms with E-state index in [0.29, 0.717) is 11.8 Å². The van der Waals surface area contributed by atoms with Gasteiger partial charge in [-0.2, -0.15) is 0 Å². The molecule has 3 heteroatoms. The van der Waals surface area contributed by atoms with Gasteiger partial charge in [-0.05, 0) is 43.5 Å². The molecule has 82 valence electrons. The summed E-state index contributed by atoms with van der Waals surface area (Å²) in [7, 11) is 0. The number of hydrogen-bond donors (Lipinski definition) is 1. The molecule has 1 N–H and O–H groups in total. The van der Waals surface area contributed by atoms with Crippen molar-refractivity contribution in [3.63, 3.8) is 0 Å². The standard InChI is InChI=1S/C13H13NO2/c15-8-10-6-9-7-12(4-5-13(9)14-10)16-11-2-1-3-11/h4-8,11,14H,1-3H2. The summed E-state index contributed by atoms with van der Waals surface area (Å²) in [6, 6.07) is 7.73. The lowest BCUT2D eigenvalue weighted by Crippen LogP contribution is -2.24. The summed E-state index contributed by atoms with van der Waals surface area (Å²) in [4.78, 5) is 13.7. The first-order chi connectivity index (χ1) is 7.85. The van der Waals surface area contributed by atoms with Crippen molar-refractivity contribution in [1.29, 1.82) is 0 Å². The van der Waals surface area contributed by atoms with Crippen molar-refractivity contribution in [1.82, 2.24) is 4.98 Å². The van der Waals surface area contributed by atoms with Crippen LogP contribution < -0.4 is 4.74 Å². The van der Waals surface area contributed by atoms with Gasteiger partial charge in [0.2, 0.25) is 0 Å². The molecule has 0 saturated heterocycles. The van der Waals surface area contributed by atoms with E-state index >= 15 is 0 Å². The van der Waals surface area contributed by atoms with Crippen molar-refractivity contribution in [3.8, 4) is 5.75 Å². The molecule has 2 aromatic rings. The van der Waals surface area contributed by atoms with Gasteiger partial charge in [-0.1, -0.05) is 0 Å². The van der Waals surface area contributed by atoms with Crippen LogP contribution in [0.3, 0.4) is 0 Å². The van der Waals surface area contributed by atoms with Crippen LogP contribution in [-0.4, -0.2) is 17.4 Å². The van der Waals surface area contributed by atoms with Crippen LogP contribution in [-0.2, 0) is 0 Å². The van der Waals surface area contributed by atoms with E-state index in [1.807, 2.05) is 24.3 Å². The van der Waals surface area contributed by atoms with Gasteiger partial charge in [-0.15, -0.1) is 0 Å². The number of benzene rings is 1. The molecule has 1 heterocycles. The Bertz CT molecular complexity index is 526. The predicted molar refractivity (Wildman–Crippen MR) is 62.0 cm³/mol. The van der Waals surface area contributed by atoms with Crippen LogP contribution in [0.15, 0.2) is 24.3 Å². The normalized spacial score (nSPS) is 16.0. The molecule has 0 radical (unpaired) electrons. The van der Waals surface area contributed by atoms with Crippen molar-refractivity contribution in [2.75, 3.05) is 0 Å². The van der Waals surface area contributed by atoms with Crippen LogP contribution in [0.2, 0.25) is 0 Å². The molecule has 0 atom stereocenters. The zero-order chi connectivity index (χ0) is 11.0. The average Bonchev–Trinajstić information content (AvgIpc) is 2.65. The molecule has 0 amide bonds. The lowest BCUT2D eigenvalue weighted by molar-refractivity contribution is 0.111. The number of ether oxygens (including phenoxy) is 1. The fourth-order valence-electron chi connectivity index (χ4n) is 1.95. The van der Waals surface area contributed by atoms with Crippen molar-refractivity contribution >= 4 is 17.2 Å². The van der Waals surface area contributed by atoms with Gasteiger partial charge < -0.3 is 9.72 Å². The van der Waals surface area contributed by atoms with Crippen LogP contribution in [0.4, 0.5) is 0 Å². The van der Waals surface area contributed by atoms with Gasteiger partial charge >= 0.3 is 0 Å². The number of aromatic nitrogens is 1. The molecular formula is C13H13NO2. The number of hydrogen-bond acceptors (Lipinski definition) is 2. The summed E-state index contributed by atoms with van der Waals surface area (Å²) in [5, 5.41) is 1.03. The quantitative estimate of drug-likeness (QED) is 0.800. The molecule has 0 bridgehead atoms. The average molecular weight is 215 g/mol. The van der Waals surface area contributed by atoms with Crippen molar-refractivity contribution < 1.29 is 9.53 Å². The molecule has 1 aliphatic carbocycles. The third kappa shape index (κ3) is 1.58. The van der Waals surface area contributed by atoms with Gasteiger partial charge in [0.1, 0.15) is 5.75 Å². The lowest BCUT2D eigenvalue weighted by Gasteiger charge is -2.26. The molecule has 1 saturated carbocycles. The number of rotatable bonds is 3. The highest BCUT2D eigenvalue weighted by Gasteiger charge is 2.19. The van der Waals surface area contributed by atoms with Crippen LogP contribution in [0.25, 0.3) is 10.9 Å². The second-order valence-corrected chi connectivity index (χ2v) is 4.26. The summed E-state index contributed by atoms with van der Waals surface area (Å²) in [6.07, 6.45) is 4.80. The Labute approximate surface area is 93.4 Å². The van der Waals surface area contributed by atoms with E-state index in [1.54, 1.807) is 0 Å². The molecule has 1 aliphatic rings. The van der Waals surface area contributed by atoms with Gasteiger partial charge in [0.05, 0.1) is 11.8 Å². The zero-order valence-electron chi connectivity index (χ0n) is 8.90. The number of carbonyl (C=O) groups excluding carboxylic acids is 1. The first-order valence-corrected chi connectivity index (χ1v) is 5.60. The summed E-state index contributed by atoms with van der Waals surface area (Å²) in [5.41, 5.74) is 1.58. The van der Waals surface area contributed by atoms with Crippen LogP contribution in [0.1, 0.15) is 29.8 Å². The van der Waals surface area contributed by atoms with E-state index in [9.17, 15) is 4.79 Å². The first-order valence-electron chi connectivity index (χ1n) is 5.60. The Hall–Kier alpha value is -1.77. The van der Waals surface area contributed by atoms with E-state index in [2.05, 4.69) is 4.98 Å². The minimum atomic E-state index is 0.391. The molecule has 3 nitrogen and oxygen atoms in total. The van der Waals surface area contributed by atoms with Gasteiger partial charge in [-0.3, -0.25) is 4.79 Å². The first kappa shape index (κ1) is 9.46. The third-order valence-corrected chi connectivity index (χ3v) is 3.09. The molecule has 1 aromatic heterocycles. The largest absolute Gasteiger partial charge is 0.490 e. The number of H-pyrrole nitrogens is 1. The fraction of sp³-hybridized carbons (Fsp3) is 0.308. The van der Waals surface area contributed by atoms with E-state index in [4.69, 9.17) is 4.74 Å². The van der Waals surface area contributed by atoms with Crippen molar-refractivity contribution in [2.24, 2.45) is 0 Å². The second-order valence-electron chi connectivity index (χ2n) is 4.26. The maximum absolute atomic E-state index is 10.6. The molecular weight excluding hydrogens is 202 g/mol. The number of aromatic amines is 1. The van der Waals surface area contributed by atoms with Gasteiger partial charge in [0.25, 0.3) is 0 Å². The Balaban J connectivity index is 1.91. The smallest absolute Gasteiger partial charge is 0.166 e. The van der Waals surface area contributed by atoms with Gasteiger partial charge in [-0.25, -0.2) is 0 Å². The summed E-state index contributed by atoms with van der Waals surface area (Å²) >= 11 is 0. The number of nitrogens with one attached hydrogen (secondary N) is 1. The van der Waals surface area contributed by atoms with Crippen LogP contribution in [0, 0.1) is 0 Å². The Morgan fingerprint density at radius 1 is 1.31 bits per heavy atom. The monoisotopic (exact) mass is 215 g/mol. The molecule has 16 heavy (non-hydrogen) atoms. The van der Waals surface area contributed by atoms with Crippen LogP contribution >= 0.6 is 0 Å². The third-order valence-electron chi connectivity index (χ3n) is 3.09. The van der Waals surface area contributed by atoms with E-state index in [0.717, 1.165) is 35.8 Å². The number of carbonyl (C=O) groups is 1. The molecule has 0 unspecified atom stereocenters. The Morgan fingerprint density at radius 3 is 2.88 bits per heavy atom. The Kier molecular flexibility index (Phi) is 2.17. The molecule has 1 aromatic carbocycles. The van der Waals surface area contributed by atoms with Gasteiger partial charge in [0.15, 0.2) is 6.29 Å². The van der Waals surface area contributed by atoms with E-state index < -0.39 is 0 Å². The highest BCUT2D eigenvalue weighted by molar-refractivity contribution is 5.88. The predicted octanol–water partition coefficient (Wildman–Crippen LogP) is 2.91. The van der Waals surface area contributed by atoms with E-state index in [-0.39, 0.29) is 0 Å². The minimum absolute atomic E-state index is 0.391. The maximum Gasteiger partial charge on any atom is 0.166 e. The SMILES string of the molecule is O=Cc1cc2cc(OC3CCC3)ccc2[nH]1. The molecule has 3 rings (SSSR count). The highest BCUT2D eigenvalue weighted by Crippen LogP contribution is 2.27. The molecule has 0 spiro atoms. The topological polar surface area (TPSA) is 42.1 Å². The van der Waals surface area contributed by atoms with E-state index in [1.165, 1.54) is 6.42 Å². The maximum atomic E-state index is 10.6. The zero-order valence-corrected chi connectivity index (χ0v) is 8.90. The summed E-state index contributed by atoms with van der Waals surface area (Å²) in [6.45, 7) is 0. The van der Waals surface area contributed by atoms with Crippen molar-refractivity contribution in [3.05, 3.63) is 30.0 Å². The Morgan fingerprint density at radius 2 is 2.19 bits per heavy atom. The highest BCUT2D eigenvalue weighted by atomic mass is 16.5. The minimum Gasteiger partial charge on any atom is -0.490 e. The fourth-order valence-corrected chi connectivity index (χ4v) is 1.95. The second kappa shape index (κ2) is 3.67. The molecule has 0 aliphatic heterocycles. The number of fused-ring (bicyclic) bond motifs is 1. The summed E-state index contributed by atoms with van der Waals surface area (Å²) < 4.78 is 5.80. The summed E-state index contributed by atoms with van der Waals surface area (Å²) in [5.74, 6) is 0.897. The van der Waals surface area contributed by atoms with Gasteiger partial charge in [0, 0.05) is 10.9 Å².